The fourth-order valence-corrected chi connectivity index (χ4v) is 4.45. The molecular formula is C20H21N5O2S. The van der Waals surface area contributed by atoms with Gasteiger partial charge < -0.3 is 10.1 Å². The van der Waals surface area contributed by atoms with Gasteiger partial charge in [-0.15, -0.1) is 11.8 Å². The summed E-state index contributed by atoms with van der Waals surface area (Å²) in [7, 11) is 0. The summed E-state index contributed by atoms with van der Waals surface area (Å²) in [6, 6.07) is 9.71. The van der Waals surface area contributed by atoms with Crippen LogP contribution in [0.5, 0.6) is 5.75 Å². The minimum atomic E-state index is -0.0960. The van der Waals surface area contributed by atoms with Crippen LogP contribution in [0.4, 0.5) is 5.82 Å². The first kappa shape index (κ1) is 18.5. The Morgan fingerprint density at radius 2 is 1.96 bits per heavy atom. The molecular weight excluding hydrogens is 374 g/mol. The van der Waals surface area contributed by atoms with Gasteiger partial charge in [-0.05, 0) is 32.9 Å². The highest BCUT2D eigenvalue weighted by molar-refractivity contribution is 8.00. The lowest BCUT2D eigenvalue weighted by Crippen LogP contribution is -2.16. The smallest absolute Gasteiger partial charge is 0.252 e. The summed E-state index contributed by atoms with van der Waals surface area (Å²) in [6.07, 6.45) is 3.36. The molecule has 0 fully saturated rings. The molecule has 0 spiro atoms. The zero-order valence-electron chi connectivity index (χ0n) is 15.9. The molecule has 1 aliphatic heterocycles. The van der Waals surface area contributed by atoms with Crippen molar-refractivity contribution in [1.29, 1.82) is 0 Å². The van der Waals surface area contributed by atoms with E-state index in [9.17, 15) is 4.79 Å². The summed E-state index contributed by atoms with van der Waals surface area (Å²) in [4.78, 5) is 21.0. The molecule has 3 heterocycles. The average molecular weight is 395 g/mol. The Balaban J connectivity index is 1.88. The van der Waals surface area contributed by atoms with Crippen molar-refractivity contribution in [2.24, 2.45) is 0 Å². The third-order valence-electron chi connectivity index (χ3n) is 4.31. The third kappa shape index (κ3) is 3.47. The van der Waals surface area contributed by atoms with Gasteiger partial charge >= 0.3 is 0 Å². The number of aryl methyl sites for hydroxylation is 1. The quantitative estimate of drug-likeness (QED) is 0.728. The summed E-state index contributed by atoms with van der Waals surface area (Å²) in [6.45, 7) is 5.95. The van der Waals surface area contributed by atoms with Crippen LogP contribution < -0.4 is 10.1 Å². The van der Waals surface area contributed by atoms with E-state index in [1.54, 1.807) is 34.9 Å². The van der Waals surface area contributed by atoms with Crippen LogP contribution in [0.15, 0.2) is 42.7 Å². The summed E-state index contributed by atoms with van der Waals surface area (Å²) >= 11 is 1.57. The van der Waals surface area contributed by atoms with Crippen LogP contribution in [0.25, 0.3) is 5.95 Å². The molecule has 1 amide bonds. The largest absolute Gasteiger partial charge is 0.491 e. The van der Waals surface area contributed by atoms with E-state index in [1.807, 2.05) is 45.0 Å². The summed E-state index contributed by atoms with van der Waals surface area (Å²) < 4.78 is 7.65. The van der Waals surface area contributed by atoms with Gasteiger partial charge in [0.15, 0.2) is 0 Å². The number of rotatable bonds is 4. The second-order valence-electron chi connectivity index (χ2n) is 6.75. The van der Waals surface area contributed by atoms with Crippen molar-refractivity contribution >= 4 is 23.5 Å². The normalized spacial score (nSPS) is 16.4. The molecule has 1 atom stereocenters. The predicted octanol–water partition coefficient (Wildman–Crippen LogP) is 3.53. The number of thioether (sulfide) groups is 1. The van der Waals surface area contributed by atoms with Crippen LogP contribution in [-0.4, -0.2) is 37.5 Å². The zero-order valence-corrected chi connectivity index (χ0v) is 16.7. The average Bonchev–Trinajstić information content (AvgIpc) is 2.89. The minimum Gasteiger partial charge on any atom is -0.491 e. The van der Waals surface area contributed by atoms with Crippen molar-refractivity contribution in [3.05, 3.63) is 59.5 Å². The Hall–Kier alpha value is -2.87. The highest BCUT2D eigenvalue weighted by Gasteiger charge is 2.32. The standard InChI is InChI=1S/C20H21N5O2S/c1-12(2)27-15-8-5-4-7-14(15)18-17-13(3)24-25(20-21-9-6-10-22-20)19(17)23-16(26)11-28-18/h4-10,12,18H,11H2,1-3H3,(H,23,26). The maximum absolute atomic E-state index is 12.4. The van der Waals surface area contributed by atoms with Gasteiger partial charge in [0, 0.05) is 23.5 Å². The number of ether oxygens (including phenoxy) is 1. The van der Waals surface area contributed by atoms with Crippen LogP contribution in [0.1, 0.15) is 35.9 Å². The number of fused-ring (bicyclic) bond motifs is 1. The Labute approximate surface area is 167 Å². The Morgan fingerprint density at radius 1 is 1.21 bits per heavy atom. The lowest BCUT2D eigenvalue weighted by molar-refractivity contribution is -0.113. The maximum Gasteiger partial charge on any atom is 0.252 e. The molecule has 2 aromatic heterocycles. The first-order chi connectivity index (χ1) is 13.5. The highest BCUT2D eigenvalue weighted by atomic mass is 32.2. The molecule has 0 saturated heterocycles. The number of hydrogen-bond acceptors (Lipinski definition) is 6. The van der Waals surface area contributed by atoms with Crippen molar-refractivity contribution in [2.75, 3.05) is 11.1 Å². The number of hydrogen-bond donors (Lipinski definition) is 1. The summed E-state index contributed by atoms with van der Waals surface area (Å²) in [5.41, 5.74) is 2.79. The molecule has 1 aromatic carbocycles. The van der Waals surface area contributed by atoms with Gasteiger partial charge in [-0.25, -0.2) is 9.97 Å². The lowest BCUT2D eigenvalue weighted by atomic mass is 10.0. The number of para-hydroxylation sites is 1. The van der Waals surface area contributed by atoms with E-state index in [1.165, 1.54) is 0 Å². The Bertz CT molecular complexity index is 1000. The molecule has 0 aliphatic carbocycles. The van der Waals surface area contributed by atoms with Crippen molar-refractivity contribution < 1.29 is 9.53 Å². The Kier molecular flexibility index (Phi) is 5.04. The van der Waals surface area contributed by atoms with Gasteiger partial charge in [0.25, 0.3) is 5.95 Å². The number of benzene rings is 1. The monoisotopic (exact) mass is 395 g/mol. The predicted molar refractivity (Wildman–Crippen MR) is 109 cm³/mol. The summed E-state index contributed by atoms with van der Waals surface area (Å²) in [5, 5.41) is 7.52. The molecule has 0 radical (unpaired) electrons. The lowest BCUT2D eigenvalue weighted by Gasteiger charge is -2.20. The van der Waals surface area contributed by atoms with Crippen LogP contribution in [0.2, 0.25) is 0 Å². The molecule has 1 unspecified atom stereocenters. The van der Waals surface area contributed by atoms with E-state index in [0.717, 1.165) is 22.6 Å². The molecule has 0 bridgehead atoms. The number of nitrogens with zero attached hydrogens (tertiary/aromatic N) is 4. The summed E-state index contributed by atoms with van der Waals surface area (Å²) in [5.74, 6) is 2.11. The Morgan fingerprint density at radius 3 is 2.71 bits per heavy atom. The number of carbonyl (C=O) groups is 1. The molecule has 0 saturated carbocycles. The van der Waals surface area contributed by atoms with E-state index in [-0.39, 0.29) is 17.3 Å². The molecule has 7 nitrogen and oxygen atoms in total. The number of nitrogens with one attached hydrogen (secondary N) is 1. The van der Waals surface area contributed by atoms with E-state index in [0.29, 0.717) is 17.5 Å². The third-order valence-corrected chi connectivity index (χ3v) is 5.57. The highest BCUT2D eigenvalue weighted by Crippen LogP contribution is 2.46. The van der Waals surface area contributed by atoms with Gasteiger partial charge in [-0.1, -0.05) is 18.2 Å². The SMILES string of the molecule is Cc1nn(-c2ncccn2)c2c1C(c1ccccc1OC(C)C)SCC(=O)N2. The maximum atomic E-state index is 12.4. The second-order valence-corrected chi connectivity index (χ2v) is 7.85. The van der Waals surface area contributed by atoms with Crippen molar-refractivity contribution in [2.45, 2.75) is 32.1 Å². The molecule has 3 aromatic rings. The molecule has 28 heavy (non-hydrogen) atoms. The first-order valence-electron chi connectivity index (χ1n) is 9.08. The van der Waals surface area contributed by atoms with Gasteiger partial charge in [0.2, 0.25) is 5.91 Å². The van der Waals surface area contributed by atoms with Gasteiger partial charge in [-0.3, -0.25) is 4.79 Å². The van der Waals surface area contributed by atoms with E-state index in [4.69, 9.17) is 4.74 Å². The molecule has 1 N–H and O–H groups in total. The van der Waals surface area contributed by atoms with Crippen molar-refractivity contribution in [3.63, 3.8) is 0 Å². The number of carbonyl (C=O) groups excluding carboxylic acids is 1. The van der Waals surface area contributed by atoms with Crippen molar-refractivity contribution in [3.8, 4) is 11.7 Å². The fourth-order valence-electron chi connectivity index (χ4n) is 3.23. The molecule has 8 heteroatoms. The first-order valence-corrected chi connectivity index (χ1v) is 10.1. The molecule has 144 valence electrons. The van der Waals surface area contributed by atoms with Gasteiger partial charge in [-0.2, -0.15) is 9.78 Å². The van der Waals surface area contributed by atoms with Gasteiger partial charge in [0.05, 0.1) is 22.8 Å². The zero-order chi connectivity index (χ0) is 19.7. The van der Waals surface area contributed by atoms with Crippen LogP contribution >= 0.6 is 11.8 Å². The van der Waals surface area contributed by atoms with Gasteiger partial charge in [0.1, 0.15) is 11.6 Å². The van der Waals surface area contributed by atoms with E-state index >= 15 is 0 Å². The van der Waals surface area contributed by atoms with Crippen molar-refractivity contribution in [1.82, 2.24) is 19.7 Å². The molecule has 4 rings (SSSR count). The minimum absolute atomic E-state index is 0.0534. The number of aromatic nitrogens is 4. The molecule has 1 aliphatic rings. The number of amides is 1. The van der Waals surface area contributed by atoms with Crippen LogP contribution in [-0.2, 0) is 4.79 Å². The van der Waals surface area contributed by atoms with E-state index in [2.05, 4.69) is 20.4 Å². The fraction of sp³-hybridized carbons (Fsp3) is 0.300. The van der Waals surface area contributed by atoms with Crippen LogP contribution in [0, 0.1) is 6.92 Å². The van der Waals surface area contributed by atoms with E-state index < -0.39 is 0 Å². The number of anilines is 1. The topological polar surface area (TPSA) is 81.9 Å². The second kappa shape index (κ2) is 7.63. The van der Waals surface area contributed by atoms with Crippen LogP contribution in [0.3, 0.4) is 0 Å².